The molecule has 1 fully saturated rings. The fraction of sp³-hybridized carbons (Fsp3) is 1.00. The maximum Gasteiger partial charge on any atom is 0.497 e. The summed E-state index contributed by atoms with van der Waals surface area (Å²) in [6, 6.07) is 0. The van der Waals surface area contributed by atoms with Gasteiger partial charge in [-0.3, -0.25) is 5.32 Å². The quantitative estimate of drug-likeness (QED) is 0.463. The Hall–Kier alpha value is -0.0231. The smallest absolute Gasteiger partial charge is 0.374 e. The van der Waals surface area contributed by atoms with Gasteiger partial charge in [0, 0.05) is 39.4 Å². The lowest BCUT2D eigenvalue weighted by molar-refractivity contribution is 0.00212. The van der Waals surface area contributed by atoms with E-state index in [1.807, 2.05) is 20.4 Å². The minimum absolute atomic E-state index is 0.0782. The molecular formula is C11H26N2O4Si. The van der Waals surface area contributed by atoms with Crippen LogP contribution in [0.2, 0.25) is 6.55 Å². The minimum atomic E-state index is -2.43. The summed E-state index contributed by atoms with van der Waals surface area (Å²) < 4.78 is 22.5. The molecule has 1 rings (SSSR count). The van der Waals surface area contributed by atoms with Crippen LogP contribution in [0.3, 0.4) is 0 Å². The number of morpholine rings is 1. The largest absolute Gasteiger partial charge is 0.497 e. The van der Waals surface area contributed by atoms with Gasteiger partial charge in [-0.1, -0.05) is 0 Å². The van der Waals surface area contributed by atoms with E-state index in [4.69, 9.17) is 18.0 Å². The molecule has 108 valence electrons. The molecule has 1 aliphatic heterocycles. The SMILES string of the molecule is CCO[Si](C)(OCC)OCCNC1CNCCO1. The van der Waals surface area contributed by atoms with Crippen LogP contribution in [0.25, 0.3) is 0 Å². The molecule has 0 aromatic carbocycles. The zero-order valence-corrected chi connectivity index (χ0v) is 12.7. The second-order valence-corrected chi connectivity index (χ2v) is 6.69. The van der Waals surface area contributed by atoms with Crippen LogP contribution in [-0.4, -0.2) is 61.1 Å². The van der Waals surface area contributed by atoms with Crippen molar-refractivity contribution in [1.82, 2.24) is 10.6 Å². The Kier molecular flexibility index (Phi) is 7.99. The monoisotopic (exact) mass is 278 g/mol. The van der Waals surface area contributed by atoms with E-state index in [0.29, 0.717) is 19.8 Å². The second kappa shape index (κ2) is 8.97. The summed E-state index contributed by atoms with van der Waals surface area (Å²) in [7, 11) is -2.43. The number of hydrogen-bond donors (Lipinski definition) is 2. The molecule has 0 aliphatic carbocycles. The van der Waals surface area contributed by atoms with Crippen molar-refractivity contribution in [2.45, 2.75) is 26.6 Å². The van der Waals surface area contributed by atoms with Crippen LogP contribution >= 0.6 is 0 Å². The molecule has 1 saturated heterocycles. The first-order valence-corrected chi connectivity index (χ1v) is 8.90. The van der Waals surface area contributed by atoms with Crippen LogP contribution in [0.4, 0.5) is 0 Å². The molecule has 0 amide bonds. The van der Waals surface area contributed by atoms with Gasteiger partial charge in [0.25, 0.3) is 0 Å². The van der Waals surface area contributed by atoms with Gasteiger partial charge in [-0.25, -0.2) is 0 Å². The molecule has 1 aliphatic rings. The normalized spacial score (nSPS) is 21.2. The third-order valence-electron chi connectivity index (χ3n) is 2.58. The maximum absolute atomic E-state index is 5.76. The number of ether oxygens (including phenoxy) is 1. The highest BCUT2D eigenvalue weighted by atomic mass is 28.4. The summed E-state index contributed by atoms with van der Waals surface area (Å²) in [4.78, 5) is 0. The van der Waals surface area contributed by atoms with Gasteiger partial charge in [-0.05, 0) is 13.8 Å². The lowest BCUT2D eigenvalue weighted by atomic mass is 10.4. The van der Waals surface area contributed by atoms with Crippen LogP contribution in [0.15, 0.2) is 0 Å². The Labute approximate surface area is 111 Å². The molecule has 0 radical (unpaired) electrons. The van der Waals surface area contributed by atoms with E-state index < -0.39 is 8.80 Å². The topological polar surface area (TPSA) is 61.0 Å². The molecular weight excluding hydrogens is 252 g/mol. The average Bonchev–Trinajstić information content (AvgIpc) is 2.37. The van der Waals surface area contributed by atoms with Gasteiger partial charge >= 0.3 is 8.80 Å². The van der Waals surface area contributed by atoms with Crippen LogP contribution in [0.5, 0.6) is 0 Å². The molecule has 6 nitrogen and oxygen atoms in total. The molecule has 0 spiro atoms. The Morgan fingerprint density at radius 1 is 1.28 bits per heavy atom. The standard InChI is InChI=1S/C11H26N2O4Si/c1-4-15-18(3,16-5-2)17-9-7-13-11-10-12-6-8-14-11/h11-13H,4-10H2,1-3H3. The van der Waals surface area contributed by atoms with Gasteiger partial charge in [0.2, 0.25) is 0 Å². The first-order valence-electron chi connectivity index (χ1n) is 6.67. The Morgan fingerprint density at radius 3 is 2.56 bits per heavy atom. The van der Waals surface area contributed by atoms with Gasteiger partial charge < -0.3 is 23.3 Å². The molecule has 1 unspecified atom stereocenters. The highest BCUT2D eigenvalue weighted by Crippen LogP contribution is 2.08. The Bertz CT molecular complexity index is 209. The fourth-order valence-corrected chi connectivity index (χ4v) is 3.57. The predicted molar refractivity (Wildman–Crippen MR) is 71.4 cm³/mol. The highest BCUT2D eigenvalue weighted by molar-refractivity contribution is 6.59. The first-order chi connectivity index (χ1) is 8.70. The van der Waals surface area contributed by atoms with Crippen molar-refractivity contribution >= 4 is 8.80 Å². The van der Waals surface area contributed by atoms with E-state index >= 15 is 0 Å². The maximum atomic E-state index is 5.76. The molecule has 1 heterocycles. The fourth-order valence-electron chi connectivity index (χ4n) is 1.80. The van der Waals surface area contributed by atoms with Gasteiger partial charge in [0.1, 0.15) is 6.23 Å². The number of rotatable bonds is 9. The molecule has 18 heavy (non-hydrogen) atoms. The predicted octanol–water partition coefficient (Wildman–Crippen LogP) is 0.180. The molecule has 0 bridgehead atoms. The highest BCUT2D eigenvalue weighted by Gasteiger charge is 2.33. The van der Waals surface area contributed by atoms with E-state index in [1.165, 1.54) is 0 Å². The second-order valence-electron chi connectivity index (χ2n) is 4.09. The van der Waals surface area contributed by atoms with Gasteiger partial charge in [0.15, 0.2) is 0 Å². The lowest BCUT2D eigenvalue weighted by Crippen LogP contribution is -2.49. The van der Waals surface area contributed by atoms with Crippen LogP contribution in [-0.2, 0) is 18.0 Å². The van der Waals surface area contributed by atoms with Crippen LogP contribution in [0.1, 0.15) is 13.8 Å². The zero-order chi connectivity index (χ0) is 13.3. The van der Waals surface area contributed by atoms with Crippen molar-refractivity contribution in [1.29, 1.82) is 0 Å². The van der Waals surface area contributed by atoms with Gasteiger partial charge in [-0.15, -0.1) is 0 Å². The van der Waals surface area contributed by atoms with E-state index in [2.05, 4.69) is 10.6 Å². The van der Waals surface area contributed by atoms with Gasteiger partial charge in [-0.2, -0.15) is 0 Å². The summed E-state index contributed by atoms with van der Waals surface area (Å²) >= 11 is 0. The molecule has 0 aromatic rings. The Balaban J connectivity index is 2.13. The Morgan fingerprint density at radius 2 is 2.00 bits per heavy atom. The molecule has 0 aromatic heterocycles. The third-order valence-corrected chi connectivity index (χ3v) is 4.93. The van der Waals surface area contributed by atoms with Crippen molar-refractivity contribution in [2.24, 2.45) is 0 Å². The molecule has 0 saturated carbocycles. The van der Waals surface area contributed by atoms with Crippen molar-refractivity contribution in [3.63, 3.8) is 0 Å². The van der Waals surface area contributed by atoms with Crippen LogP contribution in [0, 0.1) is 0 Å². The van der Waals surface area contributed by atoms with Crippen molar-refractivity contribution in [3.05, 3.63) is 0 Å². The summed E-state index contributed by atoms with van der Waals surface area (Å²) in [6.45, 7) is 10.9. The van der Waals surface area contributed by atoms with Crippen LogP contribution < -0.4 is 10.6 Å². The number of nitrogens with one attached hydrogen (secondary N) is 2. The van der Waals surface area contributed by atoms with Crippen molar-refractivity contribution < 1.29 is 18.0 Å². The molecule has 1 atom stereocenters. The first kappa shape index (κ1) is 16.0. The van der Waals surface area contributed by atoms with E-state index in [1.54, 1.807) is 0 Å². The summed E-state index contributed by atoms with van der Waals surface area (Å²) in [5, 5.41) is 6.54. The number of hydrogen-bond acceptors (Lipinski definition) is 6. The average molecular weight is 278 g/mol. The third kappa shape index (κ3) is 6.23. The van der Waals surface area contributed by atoms with E-state index in [-0.39, 0.29) is 6.23 Å². The van der Waals surface area contributed by atoms with E-state index in [0.717, 1.165) is 26.2 Å². The molecule has 7 heteroatoms. The lowest BCUT2D eigenvalue weighted by Gasteiger charge is -2.27. The van der Waals surface area contributed by atoms with Crippen molar-refractivity contribution in [3.8, 4) is 0 Å². The van der Waals surface area contributed by atoms with Gasteiger partial charge in [0.05, 0.1) is 13.2 Å². The summed E-state index contributed by atoms with van der Waals surface area (Å²) in [6.07, 6.45) is 0.0782. The molecule has 2 N–H and O–H groups in total. The van der Waals surface area contributed by atoms with Crippen molar-refractivity contribution in [2.75, 3.05) is 46.1 Å². The van der Waals surface area contributed by atoms with E-state index in [9.17, 15) is 0 Å². The minimum Gasteiger partial charge on any atom is -0.374 e. The summed E-state index contributed by atoms with van der Waals surface area (Å²) in [5.74, 6) is 0. The zero-order valence-electron chi connectivity index (χ0n) is 11.7. The summed E-state index contributed by atoms with van der Waals surface area (Å²) in [5.41, 5.74) is 0.